The molecular formula is C23H30N4O3. The van der Waals surface area contributed by atoms with Crippen molar-refractivity contribution in [2.75, 3.05) is 40.4 Å². The van der Waals surface area contributed by atoms with Crippen molar-refractivity contribution in [1.82, 2.24) is 15.1 Å². The number of ether oxygens (including phenoxy) is 2. The van der Waals surface area contributed by atoms with Gasteiger partial charge in [-0.25, -0.2) is 4.99 Å². The van der Waals surface area contributed by atoms with Crippen molar-refractivity contribution >= 4 is 17.6 Å². The highest BCUT2D eigenvalue weighted by atomic mass is 16.5. The summed E-state index contributed by atoms with van der Waals surface area (Å²) < 4.78 is 10.5. The predicted molar refractivity (Wildman–Crippen MR) is 119 cm³/mol. The summed E-state index contributed by atoms with van der Waals surface area (Å²) in [5.74, 6) is 1.78. The molecule has 0 bridgehead atoms. The number of piperazine rings is 1. The van der Waals surface area contributed by atoms with Crippen molar-refractivity contribution in [3.63, 3.8) is 0 Å². The molecule has 0 unspecified atom stereocenters. The number of aliphatic imine (C=N–C) groups is 1. The van der Waals surface area contributed by atoms with Crippen LogP contribution in [0.25, 0.3) is 0 Å². The lowest BCUT2D eigenvalue weighted by Crippen LogP contribution is -2.54. The number of benzene rings is 2. The molecule has 3 rings (SSSR count). The van der Waals surface area contributed by atoms with E-state index >= 15 is 0 Å². The largest absolute Gasteiger partial charge is 0.497 e. The maximum Gasteiger partial charge on any atom is 0.257 e. The van der Waals surface area contributed by atoms with Crippen LogP contribution < -0.4 is 14.8 Å². The van der Waals surface area contributed by atoms with Crippen LogP contribution >= 0.6 is 0 Å². The summed E-state index contributed by atoms with van der Waals surface area (Å²) >= 11 is 0. The third kappa shape index (κ3) is 5.51. The average Bonchev–Trinajstić information content (AvgIpc) is 2.78. The fraction of sp³-hybridized carbons (Fsp3) is 0.391. The zero-order chi connectivity index (χ0) is 21.5. The molecule has 7 nitrogen and oxygen atoms in total. The van der Waals surface area contributed by atoms with E-state index in [-0.39, 0.29) is 5.91 Å². The van der Waals surface area contributed by atoms with Gasteiger partial charge in [0.05, 0.1) is 19.9 Å². The summed E-state index contributed by atoms with van der Waals surface area (Å²) in [5.41, 5.74) is 1.28. The van der Waals surface area contributed by atoms with E-state index in [0.717, 1.165) is 37.6 Å². The molecule has 0 aromatic heterocycles. The number of guanidine groups is 1. The number of amides is 1. The molecule has 2 aromatic carbocycles. The van der Waals surface area contributed by atoms with Gasteiger partial charge in [0.1, 0.15) is 11.5 Å². The van der Waals surface area contributed by atoms with Gasteiger partial charge < -0.3 is 14.4 Å². The van der Waals surface area contributed by atoms with Gasteiger partial charge in [0.15, 0.2) is 0 Å². The number of methoxy groups -OCH3 is 2. The Labute approximate surface area is 178 Å². The van der Waals surface area contributed by atoms with E-state index in [1.54, 1.807) is 38.5 Å². The molecule has 1 saturated heterocycles. The van der Waals surface area contributed by atoms with E-state index in [9.17, 15) is 4.79 Å². The van der Waals surface area contributed by atoms with Crippen LogP contribution in [-0.2, 0) is 0 Å². The van der Waals surface area contributed by atoms with Gasteiger partial charge >= 0.3 is 0 Å². The number of rotatable bonds is 5. The second-order valence-corrected chi connectivity index (χ2v) is 7.44. The monoisotopic (exact) mass is 410 g/mol. The van der Waals surface area contributed by atoms with E-state index in [0.29, 0.717) is 23.3 Å². The van der Waals surface area contributed by atoms with Gasteiger partial charge in [0, 0.05) is 43.9 Å². The van der Waals surface area contributed by atoms with Crippen molar-refractivity contribution in [3.8, 4) is 11.5 Å². The van der Waals surface area contributed by atoms with Gasteiger partial charge in [-0.2, -0.15) is 0 Å². The number of nitrogens with one attached hydrogen (secondary N) is 1. The number of carbonyl (C=O) groups is 1. The Balaban J connectivity index is 1.83. The minimum absolute atomic E-state index is 0.203. The van der Waals surface area contributed by atoms with Gasteiger partial charge in [0.25, 0.3) is 5.91 Å². The molecule has 7 heteroatoms. The maximum absolute atomic E-state index is 12.9. The van der Waals surface area contributed by atoms with Crippen LogP contribution in [-0.4, -0.2) is 68.1 Å². The number of carbonyl (C=O) groups excluding carboxylic acids is 1. The van der Waals surface area contributed by atoms with Crippen molar-refractivity contribution in [2.45, 2.75) is 19.9 Å². The first-order chi connectivity index (χ1) is 14.5. The molecule has 2 aromatic rings. The number of nitrogens with zero attached hydrogens (tertiary/aromatic N) is 3. The standard InChI is InChI=1S/C23H30N4O3/c1-17(2)26-12-14-27(15-13-26)23(24-19-6-5-7-21(16-19)30-4)25-22(28)18-8-10-20(29-3)11-9-18/h5-11,16-17H,12-15H2,1-4H3,(H,24,25,28). The smallest absolute Gasteiger partial charge is 0.257 e. The molecule has 1 aliphatic rings. The SMILES string of the molecule is COc1ccc(C(=O)NC(=Nc2cccc(OC)c2)N2CCN(C(C)C)CC2)cc1. The Kier molecular flexibility index (Phi) is 7.30. The molecule has 160 valence electrons. The lowest BCUT2D eigenvalue weighted by Gasteiger charge is -2.38. The molecule has 30 heavy (non-hydrogen) atoms. The molecule has 1 amide bonds. The topological polar surface area (TPSA) is 66.4 Å². The minimum Gasteiger partial charge on any atom is -0.497 e. The van der Waals surface area contributed by atoms with Crippen molar-refractivity contribution in [1.29, 1.82) is 0 Å². The summed E-state index contributed by atoms with van der Waals surface area (Å²) in [4.78, 5) is 22.2. The highest BCUT2D eigenvalue weighted by molar-refractivity contribution is 6.06. The van der Waals surface area contributed by atoms with E-state index in [4.69, 9.17) is 14.5 Å². The van der Waals surface area contributed by atoms with Crippen LogP contribution in [0.2, 0.25) is 0 Å². The molecule has 0 radical (unpaired) electrons. The zero-order valence-corrected chi connectivity index (χ0v) is 18.1. The Morgan fingerprint density at radius 1 is 0.967 bits per heavy atom. The highest BCUT2D eigenvalue weighted by Gasteiger charge is 2.23. The first-order valence-electron chi connectivity index (χ1n) is 10.2. The fourth-order valence-corrected chi connectivity index (χ4v) is 3.35. The van der Waals surface area contributed by atoms with Crippen LogP contribution in [0, 0.1) is 0 Å². The molecule has 1 N–H and O–H groups in total. The quantitative estimate of drug-likeness (QED) is 0.606. The maximum atomic E-state index is 12.9. The summed E-state index contributed by atoms with van der Waals surface area (Å²) in [6, 6.07) is 15.0. The molecule has 0 atom stereocenters. The molecular weight excluding hydrogens is 380 g/mol. The van der Waals surface area contributed by atoms with Crippen LogP contribution in [0.5, 0.6) is 11.5 Å². The molecule has 0 spiro atoms. The van der Waals surface area contributed by atoms with Gasteiger partial charge in [0.2, 0.25) is 5.96 Å². The Bertz CT molecular complexity index is 872. The van der Waals surface area contributed by atoms with E-state index in [1.165, 1.54) is 0 Å². The second-order valence-electron chi connectivity index (χ2n) is 7.44. The summed E-state index contributed by atoms with van der Waals surface area (Å²) in [6.07, 6.45) is 0. The number of hydrogen-bond donors (Lipinski definition) is 1. The van der Waals surface area contributed by atoms with Crippen molar-refractivity contribution < 1.29 is 14.3 Å². The summed E-state index contributed by atoms with van der Waals surface area (Å²) in [5, 5.41) is 3.01. The lowest BCUT2D eigenvalue weighted by molar-refractivity contribution is 0.0964. The predicted octanol–water partition coefficient (Wildman–Crippen LogP) is 3.15. The van der Waals surface area contributed by atoms with Gasteiger partial charge in [-0.05, 0) is 50.2 Å². The third-order valence-corrected chi connectivity index (χ3v) is 5.21. The molecule has 0 aliphatic carbocycles. The Morgan fingerprint density at radius 3 is 2.23 bits per heavy atom. The lowest BCUT2D eigenvalue weighted by atomic mass is 10.2. The molecule has 0 saturated carbocycles. The third-order valence-electron chi connectivity index (χ3n) is 5.21. The van der Waals surface area contributed by atoms with E-state index in [1.807, 2.05) is 24.3 Å². The Hall–Kier alpha value is -3.06. The second kappa shape index (κ2) is 10.1. The highest BCUT2D eigenvalue weighted by Crippen LogP contribution is 2.20. The first-order valence-corrected chi connectivity index (χ1v) is 10.2. The van der Waals surface area contributed by atoms with Crippen LogP contribution in [0.3, 0.4) is 0 Å². The van der Waals surface area contributed by atoms with E-state index < -0.39 is 0 Å². The van der Waals surface area contributed by atoms with Gasteiger partial charge in [-0.3, -0.25) is 15.0 Å². The molecule has 1 aliphatic heterocycles. The first kappa shape index (κ1) is 21.6. The van der Waals surface area contributed by atoms with Gasteiger partial charge in [-0.1, -0.05) is 6.07 Å². The van der Waals surface area contributed by atoms with Crippen LogP contribution in [0.15, 0.2) is 53.5 Å². The minimum atomic E-state index is -0.203. The van der Waals surface area contributed by atoms with Crippen LogP contribution in [0.1, 0.15) is 24.2 Å². The zero-order valence-electron chi connectivity index (χ0n) is 18.1. The van der Waals surface area contributed by atoms with E-state index in [2.05, 4.69) is 29.0 Å². The average molecular weight is 411 g/mol. The van der Waals surface area contributed by atoms with Crippen molar-refractivity contribution in [2.24, 2.45) is 4.99 Å². The molecule has 1 heterocycles. The van der Waals surface area contributed by atoms with Crippen molar-refractivity contribution in [3.05, 3.63) is 54.1 Å². The molecule has 1 fully saturated rings. The normalized spacial score (nSPS) is 15.2. The Morgan fingerprint density at radius 2 is 1.63 bits per heavy atom. The summed E-state index contributed by atoms with van der Waals surface area (Å²) in [6.45, 7) is 7.84. The summed E-state index contributed by atoms with van der Waals surface area (Å²) in [7, 11) is 3.23. The van der Waals surface area contributed by atoms with Gasteiger partial charge in [-0.15, -0.1) is 0 Å². The number of hydrogen-bond acceptors (Lipinski definition) is 5. The van der Waals surface area contributed by atoms with Crippen LogP contribution in [0.4, 0.5) is 5.69 Å². The fourth-order valence-electron chi connectivity index (χ4n) is 3.35.